The SMILES string of the molecule is Clc1ccc(OCCCCNCc2ccco2)c(Cl)c1. The average molecular weight is 314 g/mol. The lowest BCUT2D eigenvalue weighted by atomic mass is 10.3. The van der Waals surface area contributed by atoms with E-state index in [0.29, 0.717) is 22.4 Å². The lowest BCUT2D eigenvalue weighted by Gasteiger charge is -2.08. The zero-order valence-corrected chi connectivity index (χ0v) is 12.6. The predicted octanol–water partition coefficient (Wildman–Crippen LogP) is 4.54. The molecular weight excluding hydrogens is 297 g/mol. The van der Waals surface area contributed by atoms with E-state index in [4.69, 9.17) is 32.4 Å². The Morgan fingerprint density at radius 2 is 2.05 bits per heavy atom. The van der Waals surface area contributed by atoms with Crippen molar-refractivity contribution in [3.8, 4) is 5.75 Å². The van der Waals surface area contributed by atoms with Crippen molar-refractivity contribution in [2.75, 3.05) is 13.2 Å². The minimum atomic E-state index is 0.549. The molecule has 0 fully saturated rings. The summed E-state index contributed by atoms with van der Waals surface area (Å²) in [6.45, 7) is 2.33. The summed E-state index contributed by atoms with van der Waals surface area (Å²) in [7, 11) is 0. The third-order valence-electron chi connectivity index (χ3n) is 2.78. The maximum atomic E-state index is 6.02. The second-order valence-electron chi connectivity index (χ2n) is 4.39. The normalized spacial score (nSPS) is 10.7. The monoisotopic (exact) mass is 313 g/mol. The topological polar surface area (TPSA) is 34.4 Å². The minimum Gasteiger partial charge on any atom is -0.492 e. The average Bonchev–Trinajstić information content (AvgIpc) is 2.93. The zero-order valence-electron chi connectivity index (χ0n) is 11.1. The van der Waals surface area contributed by atoms with Crippen molar-refractivity contribution in [3.05, 3.63) is 52.4 Å². The number of nitrogens with one attached hydrogen (secondary N) is 1. The first-order chi connectivity index (χ1) is 9.75. The van der Waals surface area contributed by atoms with Gasteiger partial charge in [-0.2, -0.15) is 0 Å². The van der Waals surface area contributed by atoms with Crippen LogP contribution in [0.1, 0.15) is 18.6 Å². The molecule has 0 bridgehead atoms. The molecule has 2 rings (SSSR count). The van der Waals surface area contributed by atoms with Crippen LogP contribution in [0.3, 0.4) is 0 Å². The van der Waals surface area contributed by atoms with Crippen LogP contribution in [-0.4, -0.2) is 13.2 Å². The fraction of sp³-hybridized carbons (Fsp3) is 0.333. The Morgan fingerprint density at radius 3 is 2.80 bits per heavy atom. The van der Waals surface area contributed by atoms with Gasteiger partial charge in [-0.05, 0) is 49.7 Å². The van der Waals surface area contributed by atoms with Gasteiger partial charge in [0.15, 0.2) is 0 Å². The maximum Gasteiger partial charge on any atom is 0.137 e. The molecule has 0 aliphatic heterocycles. The van der Waals surface area contributed by atoms with Gasteiger partial charge in [0.25, 0.3) is 0 Å². The van der Waals surface area contributed by atoms with Gasteiger partial charge < -0.3 is 14.5 Å². The Morgan fingerprint density at radius 1 is 1.15 bits per heavy atom. The number of unbranched alkanes of at least 4 members (excludes halogenated alkanes) is 1. The molecule has 5 heteroatoms. The smallest absolute Gasteiger partial charge is 0.137 e. The molecule has 0 spiro atoms. The van der Waals surface area contributed by atoms with Gasteiger partial charge in [-0.15, -0.1) is 0 Å². The van der Waals surface area contributed by atoms with Gasteiger partial charge >= 0.3 is 0 Å². The molecule has 0 amide bonds. The highest BCUT2D eigenvalue weighted by molar-refractivity contribution is 6.35. The summed E-state index contributed by atoms with van der Waals surface area (Å²) in [6, 6.07) is 9.09. The van der Waals surface area contributed by atoms with E-state index in [1.165, 1.54) is 0 Å². The Balaban J connectivity index is 1.55. The van der Waals surface area contributed by atoms with E-state index < -0.39 is 0 Å². The largest absolute Gasteiger partial charge is 0.492 e. The second-order valence-corrected chi connectivity index (χ2v) is 5.23. The molecule has 0 unspecified atom stereocenters. The van der Waals surface area contributed by atoms with Crippen molar-refractivity contribution in [2.24, 2.45) is 0 Å². The van der Waals surface area contributed by atoms with Crippen LogP contribution in [0, 0.1) is 0 Å². The molecule has 0 saturated carbocycles. The van der Waals surface area contributed by atoms with Crippen molar-refractivity contribution < 1.29 is 9.15 Å². The van der Waals surface area contributed by atoms with Crippen LogP contribution in [0.15, 0.2) is 41.0 Å². The highest BCUT2D eigenvalue weighted by Crippen LogP contribution is 2.27. The van der Waals surface area contributed by atoms with Crippen LogP contribution in [-0.2, 0) is 6.54 Å². The van der Waals surface area contributed by atoms with Gasteiger partial charge in [0.05, 0.1) is 24.4 Å². The fourth-order valence-corrected chi connectivity index (χ4v) is 2.21. The Bertz CT molecular complexity index is 515. The van der Waals surface area contributed by atoms with Crippen LogP contribution in [0.4, 0.5) is 0 Å². The zero-order chi connectivity index (χ0) is 14.2. The number of rotatable bonds is 8. The van der Waals surface area contributed by atoms with Gasteiger partial charge in [-0.3, -0.25) is 0 Å². The fourth-order valence-electron chi connectivity index (χ4n) is 1.75. The standard InChI is InChI=1S/C15H17Cl2NO2/c16-12-5-6-15(14(17)10-12)20-8-2-1-7-18-11-13-4-3-9-19-13/h3-6,9-10,18H,1-2,7-8,11H2. The number of halogens is 2. The predicted molar refractivity (Wildman–Crippen MR) is 81.6 cm³/mol. The van der Waals surface area contributed by atoms with Gasteiger partial charge in [0.1, 0.15) is 11.5 Å². The molecular formula is C15H17Cl2NO2. The quantitative estimate of drug-likeness (QED) is 0.727. The van der Waals surface area contributed by atoms with Gasteiger partial charge in [0, 0.05) is 5.02 Å². The van der Waals surface area contributed by atoms with Crippen LogP contribution in [0.25, 0.3) is 0 Å². The molecule has 20 heavy (non-hydrogen) atoms. The molecule has 2 aromatic rings. The highest BCUT2D eigenvalue weighted by Gasteiger charge is 2.02. The summed E-state index contributed by atoms with van der Waals surface area (Å²) in [4.78, 5) is 0. The van der Waals surface area contributed by atoms with E-state index in [1.807, 2.05) is 12.1 Å². The number of hydrogen-bond donors (Lipinski definition) is 1. The molecule has 1 heterocycles. The number of benzene rings is 1. The summed E-state index contributed by atoms with van der Waals surface area (Å²) in [6.07, 6.45) is 3.68. The van der Waals surface area contributed by atoms with Crippen molar-refractivity contribution in [1.29, 1.82) is 0 Å². The van der Waals surface area contributed by atoms with E-state index in [0.717, 1.165) is 31.7 Å². The second kappa shape index (κ2) is 8.20. The lowest BCUT2D eigenvalue weighted by Crippen LogP contribution is -2.15. The summed E-state index contributed by atoms with van der Waals surface area (Å²) in [5.74, 6) is 1.63. The van der Waals surface area contributed by atoms with Crippen LogP contribution >= 0.6 is 23.2 Å². The molecule has 3 nitrogen and oxygen atoms in total. The third-order valence-corrected chi connectivity index (χ3v) is 3.31. The molecule has 0 saturated heterocycles. The Hall–Kier alpha value is -1.16. The molecule has 0 aliphatic carbocycles. The molecule has 0 atom stereocenters. The van der Waals surface area contributed by atoms with E-state index in [-0.39, 0.29) is 0 Å². The Labute approximate surface area is 128 Å². The first kappa shape index (κ1) is 15.2. The van der Waals surface area contributed by atoms with Crippen molar-refractivity contribution in [3.63, 3.8) is 0 Å². The number of furan rings is 1. The van der Waals surface area contributed by atoms with Crippen molar-refractivity contribution >= 4 is 23.2 Å². The van der Waals surface area contributed by atoms with Gasteiger partial charge in [-0.25, -0.2) is 0 Å². The Kier molecular flexibility index (Phi) is 6.25. The van der Waals surface area contributed by atoms with E-state index in [9.17, 15) is 0 Å². The van der Waals surface area contributed by atoms with Crippen molar-refractivity contribution in [2.45, 2.75) is 19.4 Å². The summed E-state index contributed by atoms with van der Waals surface area (Å²) >= 11 is 11.8. The first-order valence-corrected chi connectivity index (χ1v) is 7.32. The molecule has 1 aromatic carbocycles. The summed E-state index contributed by atoms with van der Waals surface area (Å²) < 4.78 is 10.8. The van der Waals surface area contributed by atoms with E-state index in [2.05, 4.69) is 5.32 Å². The molecule has 0 aliphatic rings. The summed E-state index contributed by atoms with van der Waals surface area (Å²) in [5, 5.41) is 4.48. The maximum absolute atomic E-state index is 6.02. The van der Waals surface area contributed by atoms with Crippen LogP contribution in [0.2, 0.25) is 10.0 Å². The molecule has 108 valence electrons. The van der Waals surface area contributed by atoms with E-state index in [1.54, 1.807) is 24.5 Å². The molecule has 1 N–H and O–H groups in total. The molecule has 0 radical (unpaired) electrons. The number of hydrogen-bond acceptors (Lipinski definition) is 3. The van der Waals surface area contributed by atoms with Crippen LogP contribution < -0.4 is 10.1 Å². The summed E-state index contributed by atoms with van der Waals surface area (Å²) in [5.41, 5.74) is 0. The lowest BCUT2D eigenvalue weighted by molar-refractivity contribution is 0.305. The molecule has 1 aromatic heterocycles. The minimum absolute atomic E-state index is 0.549. The first-order valence-electron chi connectivity index (χ1n) is 6.56. The van der Waals surface area contributed by atoms with Gasteiger partial charge in [0.2, 0.25) is 0 Å². The van der Waals surface area contributed by atoms with Crippen molar-refractivity contribution in [1.82, 2.24) is 5.32 Å². The number of ether oxygens (including phenoxy) is 1. The van der Waals surface area contributed by atoms with Crippen LogP contribution in [0.5, 0.6) is 5.75 Å². The van der Waals surface area contributed by atoms with Gasteiger partial charge in [-0.1, -0.05) is 23.2 Å². The third kappa shape index (κ3) is 5.08. The highest BCUT2D eigenvalue weighted by atomic mass is 35.5. The van der Waals surface area contributed by atoms with E-state index >= 15 is 0 Å².